The van der Waals surface area contributed by atoms with Crippen LogP contribution >= 0.6 is 0 Å². The van der Waals surface area contributed by atoms with Crippen LogP contribution in [0.25, 0.3) is 11.1 Å². The van der Waals surface area contributed by atoms with E-state index in [0.717, 1.165) is 22.3 Å². The number of carboxylic acid groups (broad SMARTS) is 1. The molecule has 0 spiro atoms. The third-order valence-electron chi connectivity index (χ3n) is 6.48. The Morgan fingerprint density at radius 2 is 1.64 bits per heavy atom. The van der Waals surface area contributed by atoms with Crippen molar-refractivity contribution < 1.29 is 29.0 Å². The van der Waals surface area contributed by atoms with E-state index < -0.39 is 29.6 Å². The maximum absolute atomic E-state index is 13.0. The minimum atomic E-state index is -1.27. The van der Waals surface area contributed by atoms with Gasteiger partial charge in [-0.15, -0.1) is 0 Å². The summed E-state index contributed by atoms with van der Waals surface area (Å²) in [7, 11) is 0. The van der Waals surface area contributed by atoms with E-state index in [-0.39, 0.29) is 45.0 Å². The van der Waals surface area contributed by atoms with Crippen LogP contribution < -0.4 is 10.6 Å². The molecule has 1 fully saturated rings. The smallest absolute Gasteiger partial charge is 0.408 e. The molecule has 33 heavy (non-hydrogen) atoms. The molecule has 1 aliphatic heterocycles. The highest BCUT2D eigenvalue weighted by Crippen LogP contribution is 2.44. The number of amides is 2. The Kier molecular flexibility index (Phi) is 6.65. The second-order valence-electron chi connectivity index (χ2n) is 8.42. The van der Waals surface area contributed by atoms with Crippen molar-refractivity contribution in [1.82, 2.24) is 10.6 Å². The van der Waals surface area contributed by atoms with E-state index in [0.29, 0.717) is 0 Å². The molecular formula is C25H28N2O6. The van der Waals surface area contributed by atoms with E-state index in [9.17, 15) is 19.5 Å². The molecule has 174 valence electrons. The molecule has 0 radical (unpaired) electrons. The lowest BCUT2D eigenvalue weighted by atomic mass is 9.88. The van der Waals surface area contributed by atoms with Gasteiger partial charge in [-0.2, -0.15) is 0 Å². The van der Waals surface area contributed by atoms with Crippen molar-refractivity contribution in [2.45, 2.75) is 43.7 Å². The number of alkyl carbamates (subject to hydrolysis) is 1. The molecule has 4 rings (SSSR count). The summed E-state index contributed by atoms with van der Waals surface area (Å²) in [6, 6.07) is 15.1. The van der Waals surface area contributed by atoms with Crippen LogP contribution in [0.4, 0.5) is 4.79 Å². The SMILES string of the molecule is CC[C@@H](NC(=O)C1(NC(=O)OCC2c3ccccc3-c3ccccc32)CCOCC1)C(=O)O. The van der Waals surface area contributed by atoms with Gasteiger partial charge in [-0.1, -0.05) is 55.5 Å². The molecule has 0 saturated carbocycles. The highest BCUT2D eigenvalue weighted by Gasteiger charge is 2.43. The van der Waals surface area contributed by atoms with Crippen molar-refractivity contribution in [3.05, 3.63) is 59.7 Å². The summed E-state index contributed by atoms with van der Waals surface area (Å²) in [5.74, 6) is -1.75. The average Bonchev–Trinajstić information content (AvgIpc) is 3.15. The van der Waals surface area contributed by atoms with Gasteiger partial charge in [-0.3, -0.25) is 4.79 Å². The minimum Gasteiger partial charge on any atom is -0.480 e. The molecule has 2 aromatic rings. The topological polar surface area (TPSA) is 114 Å². The number of carboxylic acids is 1. The first kappa shape index (κ1) is 22.8. The van der Waals surface area contributed by atoms with Crippen LogP contribution in [0.1, 0.15) is 43.2 Å². The number of benzene rings is 2. The van der Waals surface area contributed by atoms with Gasteiger partial charge in [0.05, 0.1) is 0 Å². The number of nitrogens with one attached hydrogen (secondary N) is 2. The Balaban J connectivity index is 1.47. The number of rotatable bonds is 7. The first-order valence-electron chi connectivity index (χ1n) is 11.2. The third-order valence-corrected chi connectivity index (χ3v) is 6.48. The van der Waals surface area contributed by atoms with Crippen LogP contribution in [0.5, 0.6) is 0 Å². The zero-order valence-corrected chi connectivity index (χ0v) is 18.5. The number of hydrogen-bond acceptors (Lipinski definition) is 5. The standard InChI is InChI=1S/C25H28N2O6/c1-2-21(22(28)29)26-23(30)25(11-13-32-14-12-25)27-24(31)33-15-20-18-9-5-3-7-16(18)17-8-4-6-10-19(17)20/h3-10,20-21H,2,11-15H2,1H3,(H,26,30)(H,27,31)(H,28,29)/t21-/m1/s1. The highest BCUT2D eigenvalue weighted by atomic mass is 16.5. The van der Waals surface area contributed by atoms with Crippen molar-refractivity contribution in [2.24, 2.45) is 0 Å². The van der Waals surface area contributed by atoms with E-state index >= 15 is 0 Å². The fourth-order valence-corrected chi connectivity index (χ4v) is 4.59. The van der Waals surface area contributed by atoms with Crippen molar-refractivity contribution in [2.75, 3.05) is 19.8 Å². The summed E-state index contributed by atoms with van der Waals surface area (Å²) < 4.78 is 11.0. The highest BCUT2D eigenvalue weighted by molar-refractivity contribution is 5.93. The van der Waals surface area contributed by atoms with E-state index in [1.54, 1.807) is 6.92 Å². The predicted molar refractivity (Wildman–Crippen MR) is 121 cm³/mol. The predicted octanol–water partition coefficient (Wildman–Crippen LogP) is 3.05. The molecule has 8 heteroatoms. The van der Waals surface area contributed by atoms with Crippen LogP contribution in [-0.4, -0.2) is 54.5 Å². The van der Waals surface area contributed by atoms with E-state index in [1.165, 1.54) is 0 Å². The molecule has 0 unspecified atom stereocenters. The van der Waals surface area contributed by atoms with Crippen LogP contribution in [0.15, 0.2) is 48.5 Å². The summed E-state index contributed by atoms with van der Waals surface area (Å²) in [5, 5.41) is 14.6. The third kappa shape index (κ3) is 4.57. The van der Waals surface area contributed by atoms with Gasteiger partial charge in [0.25, 0.3) is 0 Å². The van der Waals surface area contributed by atoms with Crippen molar-refractivity contribution in [1.29, 1.82) is 0 Å². The van der Waals surface area contributed by atoms with Crippen molar-refractivity contribution in [3.63, 3.8) is 0 Å². The maximum atomic E-state index is 13.0. The molecule has 1 heterocycles. The number of fused-ring (bicyclic) bond motifs is 3. The minimum absolute atomic E-state index is 0.0981. The number of hydrogen-bond donors (Lipinski definition) is 3. The fourth-order valence-electron chi connectivity index (χ4n) is 4.59. The Labute approximate surface area is 192 Å². The lowest BCUT2D eigenvalue weighted by Crippen LogP contribution is -2.63. The normalized spacial score (nSPS) is 17.4. The number of ether oxygens (including phenoxy) is 2. The molecule has 2 amide bonds. The van der Waals surface area contributed by atoms with Crippen molar-refractivity contribution >= 4 is 18.0 Å². The maximum Gasteiger partial charge on any atom is 0.408 e. The molecule has 2 aliphatic rings. The average molecular weight is 453 g/mol. The Bertz CT molecular complexity index is 1000. The number of carbonyl (C=O) groups is 3. The zero-order chi connectivity index (χ0) is 23.4. The molecule has 1 aliphatic carbocycles. The Hall–Kier alpha value is -3.39. The molecule has 0 bridgehead atoms. The van der Waals surface area contributed by atoms with Gasteiger partial charge >= 0.3 is 12.1 Å². The van der Waals surface area contributed by atoms with E-state index in [1.807, 2.05) is 36.4 Å². The Morgan fingerprint density at radius 1 is 1.06 bits per heavy atom. The molecule has 8 nitrogen and oxygen atoms in total. The van der Waals surface area contributed by atoms with Crippen LogP contribution in [-0.2, 0) is 19.1 Å². The van der Waals surface area contributed by atoms with Crippen LogP contribution in [0, 0.1) is 0 Å². The first-order chi connectivity index (χ1) is 15.9. The molecule has 2 aromatic carbocycles. The van der Waals surface area contributed by atoms with E-state index in [2.05, 4.69) is 22.8 Å². The quantitative estimate of drug-likeness (QED) is 0.595. The van der Waals surface area contributed by atoms with Crippen molar-refractivity contribution in [3.8, 4) is 11.1 Å². The van der Waals surface area contributed by atoms with E-state index in [4.69, 9.17) is 9.47 Å². The molecule has 1 saturated heterocycles. The van der Waals surface area contributed by atoms with Gasteiger partial charge in [-0.05, 0) is 28.7 Å². The summed E-state index contributed by atoms with van der Waals surface area (Å²) in [4.78, 5) is 37.2. The lowest BCUT2D eigenvalue weighted by Gasteiger charge is -2.36. The van der Waals surface area contributed by atoms with Crippen LogP contribution in [0.3, 0.4) is 0 Å². The zero-order valence-electron chi connectivity index (χ0n) is 18.5. The van der Waals surface area contributed by atoms with Gasteiger partial charge in [0.1, 0.15) is 18.2 Å². The Morgan fingerprint density at radius 3 is 2.18 bits per heavy atom. The second kappa shape index (κ2) is 9.62. The van der Waals surface area contributed by atoms with Gasteiger partial charge in [-0.25, -0.2) is 9.59 Å². The second-order valence-corrected chi connectivity index (χ2v) is 8.42. The molecule has 3 N–H and O–H groups in total. The van der Waals surface area contributed by atoms with Gasteiger partial charge in [0.15, 0.2) is 0 Å². The summed E-state index contributed by atoms with van der Waals surface area (Å²) in [5.41, 5.74) is 3.17. The van der Waals surface area contributed by atoms with Gasteiger partial charge in [0.2, 0.25) is 5.91 Å². The molecule has 0 aromatic heterocycles. The molecular weight excluding hydrogens is 424 g/mol. The van der Waals surface area contributed by atoms with Gasteiger partial charge in [0, 0.05) is 32.0 Å². The largest absolute Gasteiger partial charge is 0.480 e. The number of aliphatic carboxylic acids is 1. The fraction of sp³-hybridized carbons (Fsp3) is 0.400. The monoisotopic (exact) mass is 452 g/mol. The van der Waals surface area contributed by atoms with Crippen LogP contribution in [0.2, 0.25) is 0 Å². The van der Waals surface area contributed by atoms with Gasteiger partial charge < -0.3 is 25.2 Å². The lowest BCUT2D eigenvalue weighted by molar-refractivity contribution is -0.144. The first-order valence-corrected chi connectivity index (χ1v) is 11.2. The summed E-state index contributed by atoms with van der Waals surface area (Å²) in [6.45, 7) is 2.36. The summed E-state index contributed by atoms with van der Waals surface area (Å²) >= 11 is 0. The molecule has 1 atom stereocenters. The summed E-state index contributed by atoms with van der Waals surface area (Å²) in [6.07, 6.45) is -0.00573. The number of carbonyl (C=O) groups excluding carboxylic acids is 2.